The number of hydrogen-bond donors (Lipinski definition) is 2. The highest BCUT2D eigenvalue weighted by Gasteiger charge is 2.53. The van der Waals surface area contributed by atoms with Crippen molar-refractivity contribution in [3.05, 3.63) is 108 Å². The predicted molar refractivity (Wildman–Crippen MR) is 125 cm³/mol. The number of carbonyl (C=O) groups is 3. The van der Waals surface area contributed by atoms with Gasteiger partial charge in [-0.05, 0) is 29.8 Å². The first kappa shape index (κ1) is 25.1. The molecule has 1 saturated heterocycles. The van der Waals surface area contributed by atoms with Gasteiger partial charge >= 0.3 is 17.9 Å². The van der Waals surface area contributed by atoms with E-state index in [0.29, 0.717) is 0 Å². The summed E-state index contributed by atoms with van der Waals surface area (Å²) >= 11 is 0. The van der Waals surface area contributed by atoms with Crippen LogP contribution in [0.2, 0.25) is 0 Å². The van der Waals surface area contributed by atoms with E-state index in [1.807, 2.05) is 6.07 Å². The highest BCUT2D eigenvalue weighted by atomic mass is 16.7. The predicted octanol–water partition coefficient (Wildman–Crippen LogP) is 2.82. The Labute approximate surface area is 206 Å². The third kappa shape index (κ3) is 5.95. The molecule has 0 spiro atoms. The van der Waals surface area contributed by atoms with Crippen LogP contribution in [0.1, 0.15) is 26.3 Å². The van der Waals surface area contributed by atoms with Crippen LogP contribution in [0, 0.1) is 0 Å². The number of esters is 2. The largest absolute Gasteiger partial charge is 0.479 e. The number of carboxylic acid groups (broad SMARTS) is 1. The molecule has 0 saturated carbocycles. The second-order valence-corrected chi connectivity index (χ2v) is 8.02. The lowest BCUT2D eigenvalue weighted by Crippen LogP contribution is -2.62. The van der Waals surface area contributed by atoms with Gasteiger partial charge < -0.3 is 29.2 Å². The van der Waals surface area contributed by atoms with Gasteiger partial charge in [0.1, 0.15) is 6.10 Å². The zero-order valence-corrected chi connectivity index (χ0v) is 19.0. The number of aliphatic hydroxyl groups is 1. The summed E-state index contributed by atoms with van der Waals surface area (Å²) in [7, 11) is 0. The number of aliphatic hydroxyl groups excluding tert-OH is 1. The van der Waals surface area contributed by atoms with Crippen molar-refractivity contribution in [2.75, 3.05) is 0 Å². The minimum absolute atomic E-state index is 0.0481. The number of carbonyl (C=O) groups excluding carboxylic acids is 2. The molecule has 1 heterocycles. The van der Waals surface area contributed by atoms with Crippen LogP contribution in [0.25, 0.3) is 0 Å². The fourth-order valence-electron chi connectivity index (χ4n) is 3.77. The Kier molecular flexibility index (Phi) is 8.06. The lowest BCUT2D eigenvalue weighted by Gasteiger charge is -2.42. The van der Waals surface area contributed by atoms with Gasteiger partial charge in [0.2, 0.25) is 0 Å². The van der Waals surface area contributed by atoms with Gasteiger partial charge in [-0.2, -0.15) is 0 Å². The Bertz CT molecular complexity index is 1170. The standard InChI is InChI=1S/C27H24O9/c28-24(29)22-20(33-16-17-10-4-1-5-11-17)21(34-25(30)18-12-6-2-7-13-18)23(27(32)35-22)36-26(31)19-14-8-3-9-15-19/h1-15,20-23,27,32H,16H2,(H,28,29). The quantitative estimate of drug-likeness (QED) is 0.456. The second-order valence-electron chi connectivity index (χ2n) is 8.02. The van der Waals surface area contributed by atoms with Gasteiger partial charge in [0.05, 0.1) is 17.7 Å². The number of benzene rings is 3. The Balaban J connectivity index is 1.65. The molecule has 0 bridgehead atoms. The summed E-state index contributed by atoms with van der Waals surface area (Å²) in [5, 5.41) is 20.4. The molecule has 186 valence electrons. The second kappa shape index (κ2) is 11.6. The van der Waals surface area contributed by atoms with E-state index in [9.17, 15) is 24.6 Å². The van der Waals surface area contributed by atoms with Crippen molar-refractivity contribution >= 4 is 17.9 Å². The van der Waals surface area contributed by atoms with Crippen LogP contribution in [-0.4, -0.2) is 58.8 Å². The summed E-state index contributed by atoms with van der Waals surface area (Å²) < 4.78 is 22.3. The average Bonchev–Trinajstić information content (AvgIpc) is 2.91. The molecule has 1 aliphatic rings. The zero-order valence-electron chi connectivity index (χ0n) is 19.0. The van der Waals surface area contributed by atoms with Crippen LogP contribution in [0.15, 0.2) is 91.0 Å². The summed E-state index contributed by atoms with van der Waals surface area (Å²) in [5.41, 5.74) is 1.08. The van der Waals surface area contributed by atoms with Crippen LogP contribution < -0.4 is 0 Å². The number of carboxylic acids is 1. The minimum atomic E-state index is -1.90. The molecular formula is C27H24O9. The van der Waals surface area contributed by atoms with E-state index < -0.39 is 48.6 Å². The first-order valence-corrected chi connectivity index (χ1v) is 11.2. The van der Waals surface area contributed by atoms with Crippen molar-refractivity contribution in [2.24, 2.45) is 0 Å². The molecule has 5 unspecified atom stereocenters. The lowest BCUT2D eigenvalue weighted by molar-refractivity contribution is -0.287. The Morgan fingerprint density at radius 1 is 0.694 bits per heavy atom. The molecule has 0 aromatic heterocycles. The molecule has 2 N–H and O–H groups in total. The summed E-state index contributed by atoms with van der Waals surface area (Å²) in [6.45, 7) is -0.0481. The van der Waals surface area contributed by atoms with Crippen molar-refractivity contribution in [3.63, 3.8) is 0 Å². The molecule has 9 heteroatoms. The van der Waals surface area contributed by atoms with Crippen molar-refractivity contribution in [1.82, 2.24) is 0 Å². The molecule has 3 aromatic rings. The molecule has 0 aliphatic carbocycles. The fourth-order valence-corrected chi connectivity index (χ4v) is 3.77. The Morgan fingerprint density at radius 2 is 1.17 bits per heavy atom. The van der Waals surface area contributed by atoms with Gasteiger partial charge in [-0.25, -0.2) is 14.4 Å². The van der Waals surface area contributed by atoms with E-state index in [0.717, 1.165) is 5.56 Å². The van der Waals surface area contributed by atoms with Crippen LogP contribution >= 0.6 is 0 Å². The zero-order chi connectivity index (χ0) is 25.5. The molecule has 0 amide bonds. The number of rotatable bonds is 8. The number of hydrogen-bond acceptors (Lipinski definition) is 8. The third-order valence-corrected chi connectivity index (χ3v) is 5.55. The van der Waals surface area contributed by atoms with Crippen molar-refractivity contribution < 1.29 is 43.5 Å². The van der Waals surface area contributed by atoms with Crippen LogP contribution in [0.5, 0.6) is 0 Å². The van der Waals surface area contributed by atoms with Gasteiger partial charge in [0.25, 0.3) is 0 Å². The average molecular weight is 492 g/mol. The van der Waals surface area contributed by atoms with E-state index in [-0.39, 0.29) is 17.7 Å². The third-order valence-electron chi connectivity index (χ3n) is 5.55. The maximum atomic E-state index is 12.9. The molecular weight excluding hydrogens is 468 g/mol. The first-order chi connectivity index (χ1) is 17.4. The number of aliphatic carboxylic acids is 1. The summed E-state index contributed by atoms with van der Waals surface area (Å²) in [6, 6.07) is 24.9. The molecule has 3 aromatic carbocycles. The summed E-state index contributed by atoms with van der Waals surface area (Å²) in [5.74, 6) is -3.08. The van der Waals surface area contributed by atoms with Gasteiger partial charge in [-0.15, -0.1) is 0 Å². The van der Waals surface area contributed by atoms with Gasteiger partial charge in [0, 0.05) is 0 Å². The van der Waals surface area contributed by atoms with E-state index in [2.05, 4.69) is 0 Å². The highest BCUT2D eigenvalue weighted by molar-refractivity contribution is 5.90. The number of ether oxygens (including phenoxy) is 4. The SMILES string of the molecule is O=C(OC1C(O)OC(C(=O)O)C(OCc2ccccc2)C1OC(=O)c1ccccc1)c1ccccc1. The minimum Gasteiger partial charge on any atom is -0.479 e. The van der Waals surface area contributed by atoms with E-state index in [4.69, 9.17) is 18.9 Å². The first-order valence-electron chi connectivity index (χ1n) is 11.2. The molecule has 1 aliphatic heterocycles. The van der Waals surface area contributed by atoms with Gasteiger partial charge in [-0.1, -0.05) is 66.7 Å². The van der Waals surface area contributed by atoms with E-state index in [1.54, 1.807) is 60.7 Å². The molecule has 5 atom stereocenters. The topological polar surface area (TPSA) is 129 Å². The van der Waals surface area contributed by atoms with Crippen LogP contribution in [0.4, 0.5) is 0 Å². The molecule has 36 heavy (non-hydrogen) atoms. The summed E-state index contributed by atoms with van der Waals surface area (Å²) in [4.78, 5) is 37.7. The van der Waals surface area contributed by atoms with Crippen LogP contribution in [-0.2, 0) is 30.3 Å². The monoisotopic (exact) mass is 492 g/mol. The lowest BCUT2D eigenvalue weighted by atomic mass is 9.97. The van der Waals surface area contributed by atoms with Crippen molar-refractivity contribution in [3.8, 4) is 0 Å². The summed E-state index contributed by atoms with van der Waals surface area (Å²) in [6.07, 6.45) is -8.08. The Hall–Kier alpha value is -4.05. The molecule has 9 nitrogen and oxygen atoms in total. The van der Waals surface area contributed by atoms with Crippen molar-refractivity contribution in [1.29, 1.82) is 0 Å². The Morgan fingerprint density at radius 3 is 1.67 bits per heavy atom. The highest BCUT2D eigenvalue weighted by Crippen LogP contribution is 2.30. The fraction of sp³-hybridized carbons (Fsp3) is 0.222. The van der Waals surface area contributed by atoms with Gasteiger partial charge in [-0.3, -0.25) is 0 Å². The maximum Gasteiger partial charge on any atom is 0.338 e. The molecule has 0 radical (unpaired) electrons. The smallest absolute Gasteiger partial charge is 0.338 e. The van der Waals surface area contributed by atoms with E-state index in [1.165, 1.54) is 24.3 Å². The molecule has 1 fully saturated rings. The van der Waals surface area contributed by atoms with Gasteiger partial charge in [0.15, 0.2) is 24.6 Å². The van der Waals surface area contributed by atoms with Crippen LogP contribution in [0.3, 0.4) is 0 Å². The normalized spacial score (nSPS) is 23.4. The van der Waals surface area contributed by atoms with E-state index >= 15 is 0 Å². The van der Waals surface area contributed by atoms with Crippen molar-refractivity contribution in [2.45, 2.75) is 37.3 Å². The molecule has 4 rings (SSSR count). The maximum absolute atomic E-state index is 12.9.